The molecule has 0 aliphatic rings. The number of Topliss-reactive ketones (excluding diaryl/α,β-unsaturated/α-hetero) is 1. The number of nitrogens with one attached hydrogen (secondary N) is 1. The number of nitrogens with zero attached hydrogens (tertiary/aromatic N) is 1. The van der Waals surface area contributed by atoms with Crippen molar-refractivity contribution in [3.63, 3.8) is 0 Å². The first-order valence-electron chi connectivity index (χ1n) is 6.99. The highest BCUT2D eigenvalue weighted by Crippen LogP contribution is 2.14. The number of H-pyrrole nitrogens is 1. The summed E-state index contributed by atoms with van der Waals surface area (Å²) in [6.07, 6.45) is -0.122. The summed E-state index contributed by atoms with van der Waals surface area (Å²) in [6, 6.07) is 10.5. The second-order valence-electron chi connectivity index (χ2n) is 5.16. The lowest BCUT2D eigenvalue weighted by atomic mass is 10.1. The zero-order chi connectivity index (χ0) is 17.3. The van der Waals surface area contributed by atoms with E-state index in [1.54, 1.807) is 18.2 Å². The lowest BCUT2D eigenvalue weighted by Crippen LogP contribution is -2.15. The van der Waals surface area contributed by atoms with Crippen LogP contribution in [0.4, 0.5) is 0 Å². The van der Waals surface area contributed by atoms with E-state index in [1.807, 2.05) is 0 Å². The number of carboxylic acid groups (broad SMARTS) is 1. The molecule has 0 aliphatic carbocycles. The molecule has 1 aromatic heterocycles. The minimum Gasteiger partial charge on any atom is -0.478 e. The van der Waals surface area contributed by atoms with Gasteiger partial charge in [-0.25, -0.2) is 9.78 Å². The highest BCUT2D eigenvalue weighted by atomic mass is 35.5. The van der Waals surface area contributed by atoms with Crippen LogP contribution in [-0.2, 0) is 6.42 Å². The van der Waals surface area contributed by atoms with Gasteiger partial charge in [-0.1, -0.05) is 23.7 Å². The Hall–Kier alpha value is -2.99. The molecule has 1 heterocycles. The summed E-state index contributed by atoms with van der Waals surface area (Å²) in [4.78, 5) is 42.1. The van der Waals surface area contributed by atoms with Crippen molar-refractivity contribution in [2.75, 3.05) is 0 Å². The molecule has 24 heavy (non-hydrogen) atoms. The Kier molecular flexibility index (Phi) is 4.14. The van der Waals surface area contributed by atoms with E-state index < -0.39 is 11.5 Å². The fraction of sp³-hybridized carbons (Fsp3) is 0.0588. The van der Waals surface area contributed by atoms with Gasteiger partial charge in [-0.2, -0.15) is 0 Å². The topological polar surface area (TPSA) is 100 Å². The van der Waals surface area contributed by atoms with Gasteiger partial charge in [0.15, 0.2) is 5.78 Å². The molecule has 0 saturated carbocycles. The largest absolute Gasteiger partial charge is 0.478 e. The Morgan fingerprint density at radius 2 is 1.92 bits per heavy atom. The molecule has 0 spiro atoms. The van der Waals surface area contributed by atoms with E-state index in [-0.39, 0.29) is 34.5 Å². The predicted molar refractivity (Wildman–Crippen MR) is 88.8 cm³/mol. The van der Waals surface area contributed by atoms with E-state index in [2.05, 4.69) is 9.97 Å². The maximum atomic E-state index is 12.3. The van der Waals surface area contributed by atoms with Crippen molar-refractivity contribution in [3.8, 4) is 0 Å². The molecule has 2 aromatic carbocycles. The molecule has 0 unspecified atom stereocenters. The monoisotopic (exact) mass is 342 g/mol. The molecule has 120 valence electrons. The Bertz CT molecular complexity index is 1030. The minimum atomic E-state index is -1.12. The average Bonchev–Trinajstić information content (AvgIpc) is 2.54. The quantitative estimate of drug-likeness (QED) is 0.710. The Balaban J connectivity index is 1.99. The standard InChI is InChI=1S/C17H11ClN2O4/c18-11-3-1-2-9(6-11)14(21)8-15-19-13-7-10(17(23)24)4-5-12(13)16(22)20-15/h1-7H,8H2,(H,23,24)(H,19,20,22). The first-order chi connectivity index (χ1) is 11.4. The van der Waals surface area contributed by atoms with Gasteiger partial charge in [0.05, 0.1) is 22.9 Å². The number of fused-ring (bicyclic) bond motifs is 1. The van der Waals surface area contributed by atoms with Crippen LogP contribution in [0.15, 0.2) is 47.3 Å². The highest BCUT2D eigenvalue weighted by Gasteiger charge is 2.12. The Morgan fingerprint density at radius 3 is 2.62 bits per heavy atom. The van der Waals surface area contributed by atoms with Crippen LogP contribution in [0.1, 0.15) is 26.5 Å². The van der Waals surface area contributed by atoms with Crippen molar-refractivity contribution in [2.45, 2.75) is 6.42 Å². The van der Waals surface area contributed by atoms with Gasteiger partial charge >= 0.3 is 5.97 Å². The molecule has 0 amide bonds. The molecular formula is C17H11ClN2O4. The molecule has 0 atom stereocenters. The van der Waals surface area contributed by atoms with Crippen molar-refractivity contribution in [1.82, 2.24) is 9.97 Å². The number of aromatic nitrogens is 2. The zero-order valence-corrected chi connectivity index (χ0v) is 13.0. The molecule has 6 nitrogen and oxygen atoms in total. The van der Waals surface area contributed by atoms with Gasteiger partial charge in [-0.3, -0.25) is 9.59 Å². The summed E-state index contributed by atoms with van der Waals surface area (Å²) >= 11 is 5.86. The number of aromatic amines is 1. The summed E-state index contributed by atoms with van der Waals surface area (Å²) in [5.41, 5.74) is 0.232. The van der Waals surface area contributed by atoms with Gasteiger partial charge in [-0.15, -0.1) is 0 Å². The molecule has 0 aliphatic heterocycles. The number of aromatic carboxylic acids is 1. The van der Waals surface area contributed by atoms with E-state index in [9.17, 15) is 14.4 Å². The maximum absolute atomic E-state index is 12.3. The van der Waals surface area contributed by atoms with Gasteiger partial charge in [0.2, 0.25) is 0 Å². The van der Waals surface area contributed by atoms with Crippen molar-refractivity contribution in [2.24, 2.45) is 0 Å². The molecule has 3 rings (SSSR count). The molecule has 0 bridgehead atoms. The maximum Gasteiger partial charge on any atom is 0.335 e. The fourth-order valence-corrected chi connectivity index (χ4v) is 2.51. The fourth-order valence-electron chi connectivity index (χ4n) is 2.32. The minimum absolute atomic E-state index is 0.0210. The third-order valence-electron chi connectivity index (χ3n) is 3.48. The van der Waals surface area contributed by atoms with Crippen LogP contribution < -0.4 is 5.56 Å². The molecule has 2 N–H and O–H groups in total. The summed E-state index contributed by atoms with van der Waals surface area (Å²) in [6.45, 7) is 0. The van der Waals surface area contributed by atoms with Crippen LogP contribution in [0.25, 0.3) is 10.9 Å². The van der Waals surface area contributed by atoms with Crippen LogP contribution in [-0.4, -0.2) is 26.8 Å². The first kappa shape index (κ1) is 15.9. The van der Waals surface area contributed by atoms with E-state index in [0.717, 1.165) is 0 Å². The van der Waals surface area contributed by atoms with Crippen LogP contribution in [0, 0.1) is 0 Å². The number of hydrogen-bond acceptors (Lipinski definition) is 4. The van der Waals surface area contributed by atoms with Crippen molar-refractivity contribution in [3.05, 3.63) is 74.8 Å². The van der Waals surface area contributed by atoms with E-state index in [4.69, 9.17) is 16.7 Å². The van der Waals surface area contributed by atoms with Crippen molar-refractivity contribution < 1.29 is 14.7 Å². The second kappa shape index (κ2) is 6.25. The summed E-state index contributed by atoms with van der Waals surface area (Å²) < 4.78 is 0. The van der Waals surface area contributed by atoms with Crippen molar-refractivity contribution in [1.29, 1.82) is 0 Å². The molecule has 0 saturated heterocycles. The molecule has 3 aromatic rings. The molecule has 0 radical (unpaired) electrons. The molecule has 7 heteroatoms. The summed E-state index contributed by atoms with van der Waals surface area (Å²) in [5.74, 6) is -1.20. The predicted octanol–water partition coefficient (Wildman–Crippen LogP) is 2.70. The average molecular weight is 343 g/mol. The lowest BCUT2D eigenvalue weighted by Gasteiger charge is -2.04. The third kappa shape index (κ3) is 3.18. The van der Waals surface area contributed by atoms with Gasteiger partial charge < -0.3 is 10.1 Å². The SMILES string of the molecule is O=C(O)c1ccc2c(=O)[nH]c(CC(=O)c3cccc(Cl)c3)nc2c1. The third-order valence-corrected chi connectivity index (χ3v) is 3.71. The smallest absolute Gasteiger partial charge is 0.335 e. The molecular weight excluding hydrogens is 332 g/mol. The molecule has 0 fully saturated rings. The van der Waals surface area contributed by atoms with Gasteiger partial charge in [0.1, 0.15) is 5.82 Å². The Morgan fingerprint density at radius 1 is 1.12 bits per heavy atom. The number of carboxylic acids is 1. The number of rotatable bonds is 4. The number of carbonyl (C=O) groups is 2. The Labute approximate surface area is 140 Å². The van der Waals surface area contributed by atoms with Crippen LogP contribution in [0.2, 0.25) is 5.02 Å². The number of ketones is 1. The van der Waals surface area contributed by atoms with E-state index in [1.165, 1.54) is 24.3 Å². The summed E-state index contributed by atoms with van der Waals surface area (Å²) in [5, 5.41) is 9.72. The number of halogens is 1. The van der Waals surface area contributed by atoms with Crippen LogP contribution in [0.3, 0.4) is 0 Å². The highest BCUT2D eigenvalue weighted by molar-refractivity contribution is 6.31. The van der Waals surface area contributed by atoms with Crippen molar-refractivity contribution >= 4 is 34.3 Å². The summed E-state index contributed by atoms with van der Waals surface area (Å²) in [7, 11) is 0. The van der Waals surface area contributed by atoms with Crippen LogP contribution >= 0.6 is 11.6 Å². The van der Waals surface area contributed by atoms with Gasteiger partial charge in [0, 0.05) is 10.6 Å². The number of benzene rings is 2. The number of carbonyl (C=O) groups excluding carboxylic acids is 1. The van der Waals surface area contributed by atoms with Crippen LogP contribution in [0.5, 0.6) is 0 Å². The lowest BCUT2D eigenvalue weighted by molar-refractivity contribution is 0.0696. The van der Waals surface area contributed by atoms with Gasteiger partial charge in [0.25, 0.3) is 5.56 Å². The van der Waals surface area contributed by atoms with E-state index >= 15 is 0 Å². The van der Waals surface area contributed by atoms with E-state index in [0.29, 0.717) is 10.6 Å². The normalized spacial score (nSPS) is 10.7. The first-order valence-corrected chi connectivity index (χ1v) is 7.37. The zero-order valence-electron chi connectivity index (χ0n) is 12.2. The second-order valence-corrected chi connectivity index (χ2v) is 5.60. The van der Waals surface area contributed by atoms with Gasteiger partial charge in [-0.05, 0) is 30.3 Å². The number of hydrogen-bond donors (Lipinski definition) is 2.